The number of benzene rings is 3. The predicted octanol–water partition coefficient (Wildman–Crippen LogP) is 6.17. The molecule has 0 spiro atoms. The lowest BCUT2D eigenvalue weighted by atomic mass is 10.2. The summed E-state index contributed by atoms with van der Waals surface area (Å²) in [7, 11) is -2.24. The van der Waals surface area contributed by atoms with Crippen molar-refractivity contribution >= 4 is 72.3 Å². The van der Waals surface area contributed by atoms with E-state index in [2.05, 4.69) is 23.5 Å². The molecule has 0 radical (unpaired) electrons. The summed E-state index contributed by atoms with van der Waals surface area (Å²) in [5.41, 5.74) is 1.21. The Labute approximate surface area is 244 Å². The fraction of sp³-hybridized carbons (Fsp3) is 0.259. The Balaban J connectivity index is 0.00000420. The molecule has 0 aliphatic carbocycles. The summed E-state index contributed by atoms with van der Waals surface area (Å²) in [6.45, 7) is 6.85. The van der Waals surface area contributed by atoms with Crippen LogP contribution in [-0.2, 0) is 10.0 Å². The maximum Gasteiger partial charge on any atom is 0.261 e. The molecule has 4 aromatic rings. The number of methoxy groups -OCH3 is 1. The standard InChI is InChI=1S/C27H29ClN4O4S2.ClH/c1-4-31(5-2)16-17-32(27-29-24-23(36-3)15-14-22(28)25(24)37-27)26(33)19-10-9-11-20(18-19)30-38(34,35)21-12-7-6-8-13-21;/h6-15,18,30H,4-5,16-17H2,1-3H3;1H. The van der Waals surface area contributed by atoms with E-state index in [1.54, 1.807) is 60.5 Å². The Bertz CT molecular complexity index is 1530. The van der Waals surface area contributed by atoms with Gasteiger partial charge >= 0.3 is 0 Å². The number of hydrogen-bond donors (Lipinski definition) is 1. The summed E-state index contributed by atoms with van der Waals surface area (Å²) in [6.07, 6.45) is 0. The zero-order valence-electron chi connectivity index (χ0n) is 21.8. The fourth-order valence-corrected chi connectivity index (χ4v) is 6.32. The van der Waals surface area contributed by atoms with Crippen molar-refractivity contribution in [2.24, 2.45) is 0 Å². The van der Waals surface area contributed by atoms with E-state index < -0.39 is 10.0 Å². The number of halogens is 2. The number of aromatic nitrogens is 1. The van der Waals surface area contributed by atoms with Crippen molar-refractivity contribution in [3.05, 3.63) is 77.3 Å². The SMILES string of the molecule is CCN(CC)CCN(C(=O)c1cccc(NS(=O)(=O)c2ccccc2)c1)c1nc2c(OC)ccc(Cl)c2s1.Cl. The van der Waals surface area contributed by atoms with Crippen LogP contribution in [0.4, 0.5) is 10.8 Å². The van der Waals surface area contributed by atoms with Crippen molar-refractivity contribution in [1.82, 2.24) is 9.88 Å². The second-order valence-electron chi connectivity index (χ2n) is 8.41. The summed E-state index contributed by atoms with van der Waals surface area (Å²) in [4.78, 5) is 22.6. The van der Waals surface area contributed by atoms with E-state index in [4.69, 9.17) is 21.3 Å². The average Bonchev–Trinajstić information content (AvgIpc) is 3.38. The van der Waals surface area contributed by atoms with Crippen LogP contribution in [0.2, 0.25) is 5.02 Å². The maximum absolute atomic E-state index is 13.9. The first-order valence-corrected chi connectivity index (χ1v) is 14.8. The number of thiazole rings is 1. The van der Waals surface area contributed by atoms with Gasteiger partial charge in [0.25, 0.3) is 15.9 Å². The van der Waals surface area contributed by atoms with Crippen LogP contribution >= 0.6 is 35.3 Å². The molecular formula is C27H30Cl2N4O4S2. The van der Waals surface area contributed by atoms with E-state index in [1.807, 2.05) is 0 Å². The zero-order chi connectivity index (χ0) is 27.3. The van der Waals surface area contributed by atoms with E-state index in [0.29, 0.717) is 40.1 Å². The van der Waals surface area contributed by atoms with Crippen LogP contribution in [0.5, 0.6) is 5.75 Å². The number of carbonyl (C=O) groups excluding carboxylic acids is 1. The van der Waals surface area contributed by atoms with Gasteiger partial charge in [-0.3, -0.25) is 14.4 Å². The molecule has 208 valence electrons. The van der Waals surface area contributed by atoms with Crippen molar-refractivity contribution in [2.75, 3.05) is 42.9 Å². The number of hydrogen-bond acceptors (Lipinski definition) is 7. The van der Waals surface area contributed by atoms with Crippen LogP contribution in [0.3, 0.4) is 0 Å². The number of anilines is 2. The fourth-order valence-electron chi connectivity index (χ4n) is 3.97. The number of carbonyl (C=O) groups is 1. The van der Waals surface area contributed by atoms with Crippen LogP contribution < -0.4 is 14.4 Å². The van der Waals surface area contributed by atoms with Crippen molar-refractivity contribution in [3.8, 4) is 5.75 Å². The lowest BCUT2D eigenvalue weighted by Crippen LogP contribution is -2.38. The third-order valence-electron chi connectivity index (χ3n) is 6.09. The number of ether oxygens (including phenoxy) is 1. The Morgan fingerprint density at radius 2 is 1.74 bits per heavy atom. The second-order valence-corrected chi connectivity index (χ2v) is 11.5. The second kappa shape index (κ2) is 13.5. The number of fused-ring (bicyclic) bond motifs is 1. The monoisotopic (exact) mass is 608 g/mol. The van der Waals surface area contributed by atoms with Crippen molar-refractivity contribution in [2.45, 2.75) is 18.7 Å². The van der Waals surface area contributed by atoms with E-state index in [9.17, 15) is 13.2 Å². The molecule has 3 aromatic carbocycles. The van der Waals surface area contributed by atoms with E-state index >= 15 is 0 Å². The van der Waals surface area contributed by atoms with Gasteiger partial charge < -0.3 is 9.64 Å². The minimum atomic E-state index is -3.81. The molecular weight excluding hydrogens is 579 g/mol. The Hall–Kier alpha value is -2.89. The van der Waals surface area contributed by atoms with Gasteiger partial charge in [-0.25, -0.2) is 13.4 Å². The molecule has 0 saturated carbocycles. The molecule has 1 heterocycles. The topological polar surface area (TPSA) is 91.8 Å². The maximum atomic E-state index is 13.9. The van der Waals surface area contributed by atoms with Gasteiger partial charge in [-0.1, -0.05) is 61.1 Å². The van der Waals surface area contributed by atoms with Gasteiger partial charge in [0.2, 0.25) is 0 Å². The molecule has 0 atom stereocenters. The lowest BCUT2D eigenvalue weighted by molar-refractivity contribution is 0.0983. The van der Waals surface area contributed by atoms with Crippen molar-refractivity contribution in [3.63, 3.8) is 0 Å². The van der Waals surface area contributed by atoms with Crippen LogP contribution in [-0.4, -0.2) is 57.5 Å². The molecule has 1 aromatic heterocycles. The van der Waals surface area contributed by atoms with Crippen LogP contribution in [0.25, 0.3) is 10.2 Å². The number of rotatable bonds is 11. The number of sulfonamides is 1. The summed E-state index contributed by atoms with van der Waals surface area (Å²) in [6, 6.07) is 18.0. The number of nitrogens with zero attached hydrogens (tertiary/aromatic N) is 3. The third kappa shape index (κ3) is 7.01. The molecule has 0 unspecified atom stereocenters. The van der Waals surface area contributed by atoms with Crippen LogP contribution in [0.1, 0.15) is 24.2 Å². The molecule has 1 amide bonds. The lowest BCUT2D eigenvalue weighted by Gasteiger charge is -2.25. The van der Waals surface area contributed by atoms with Crippen molar-refractivity contribution in [1.29, 1.82) is 0 Å². The van der Waals surface area contributed by atoms with Gasteiger partial charge in [0.15, 0.2) is 5.13 Å². The molecule has 0 aliphatic rings. The first-order valence-electron chi connectivity index (χ1n) is 12.1. The minimum Gasteiger partial charge on any atom is -0.494 e. The highest BCUT2D eigenvalue weighted by Crippen LogP contribution is 2.39. The van der Waals surface area contributed by atoms with Gasteiger partial charge in [-0.05, 0) is 55.6 Å². The molecule has 39 heavy (non-hydrogen) atoms. The molecule has 12 heteroatoms. The largest absolute Gasteiger partial charge is 0.494 e. The van der Waals surface area contributed by atoms with Crippen molar-refractivity contribution < 1.29 is 17.9 Å². The van der Waals surface area contributed by atoms with Crippen LogP contribution in [0.15, 0.2) is 71.6 Å². The summed E-state index contributed by atoms with van der Waals surface area (Å²) in [5, 5.41) is 1.01. The molecule has 0 fully saturated rings. The number of amides is 1. The van der Waals surface area contributed by atoms with Gasteiger partial charge in [0.1, 0.15) is 11.3 Å². The molecule has 8 nitrogen and oxygen atoms in total. The normalized spacial score (nSPS) is 11.3. The molecule has 4 rings (SSSR count). The highest BCUT2D eigenvalue weighted by Gasteiger charge is 2.24. The molecule has 0 bridgehead atoms. The summed E-state index contributed by atoms with van der Waals surface area (Å²) in [5.74, 6) is 0.271. The highest BCUT2D eigenvalue weighted by atomic mass is 35.5. The van der Waals surface area contributed by atoms with E-state index in [-0.39, 0.29) is 28.9 Å². The van der Waals surface area contributed by atoms with Gasteiger partial charge in [-0.15, -0.1) is 12.4 Å². The first-order chi connectivity index (χ1) is 18.3. The minimum absolute atomic E-state index is 0. The van der Waals surface area contributed by atoms with E-state index in [0.717, 1.165) is 17.8 Å². The smallest absolute Gasteiger partial charge is 0.261 e. The number of likely N-dealkylation sites (N-methyl/N-ethyl adjacent to an activating group) is 1. The van der Waals surface area contributed by atoms with Gasteiger partial charge in [-0.2, -0.15) is 0 Å². The first kappa shape index (κ1) is 30.6. The number of nitrogens with one attached hydrogen (secondary N) is 1. The predicted molar refractivity (Wildman–Crippen MR) is 162 cm³/mol. The van der Waals surface area contributed by atoms with Gasteiger partial charge in [0, 0.05) is 24.3 Å². The molecule has 0 aliphatic heterocycles. The molecule has 1 N–H and O–H groups in total. The third-order valence-corrected chi connectivity index (χ3v) is 9.03. The molecule has 0 saturated heterocycles. The zero-order valence-corrected chi connectivity index (χ0v) is 25.0. The Morgan fingerprint density at radius 1 is 1.03 bits per heavy atom. The van der Waals surface area contributed by atoms with Gasteiger partial charge in [0.05, 0.1) is 21.7 Å². The van der Waals surface area contributed by atoms with E-state index in [1.165, 1.54) is 29.5 Å². The Morgan fingerprint density at radius 3 is 2.41 bits per heavy atom. The Kier molecular flexibility index (Phi) is 10.6. The average molecular weight is 610 g/mol. The van der Waals surface area contributed by atoms with Crippen LogP contribution in [0, 0.1) is 0 Å². The quantitative estimate of drug-likeness (QED) is 0.219. The summed E-state index contributed by atoms with van der Waals surface area (Å²) < 4.78 is 34.4. The highest BCUT2D eigenvalue weighted by molar-refractivity contribution is 7.92. The summed E-state index contributed by atoms with van der Waals surface area (Å²) >= 11 is 7.76.